The van der Waals surface area contributed by atoms with Crippen LogP contribution in [0.4, 0.5) is 10.1 Å². The van der Waals surface area contributed by atoms with Gasteiger partial charge in [-0.2, -0.15) is 0 Å². The third-order valence-electron chi connectivity index (χ3n) is 4.37. The van der Waals surface area contributed by atoms with Crippen LogP contribution in [0, 0.1) is 5.82 Å². The molecule has 0 fully saturated rings. The summed E-state index contributed by atoms with van der Waals surface area (Å²) in [6, 6.07) is 12.2. The summed E-state index contributed by atoms with van der Waals surface area (Å²) in [5, 5.41) is 12.3. The van der Waals surface area contributed by atoms with Crippen molar-refractivity contribution in [2.45, 2.75) is 24.9 Å². The Bertz CT molecular complexity index is 1170. The molecule has 2 heterocycles. The lowest BCUT2D eigenvalue weighted by Gasteiger charge is -2.05. The van der Waals surface area contributed by atoms with E-state index in [4.69, 9.17) is 0 Å². The van der Waals surface area contributed by atoms with Gasteiger partial charge in [0, 0.05) is 10.9 Å². The number of nitrogens with zero attached hydrogens (tertiary/aromatic N) is 3. The first kappa shape index (κ1) is 18.4. The second-order valence-electron chi connectivity index (χ2n) is 6.69. The Kier molecular flexibility index (Phi) is 4.95. The Morgan fingerprint density at radius 3 is 2.82 bits per heavy atom. The molecule has 0 saturated heterocycles. The lowest BCUT2D eigenvalue weighted by molar-refractivity contribution is -0.113. The summed E-state index contributed by atoms with van der Waals surface area (Å²) in [7, 11) is 0. The number of hydrogen-bond donors (Lipinski definition) is 2. The summed E-state index contributed by atoms with van der Waals surface area (Å²) < 4.78 is 13.6. The van der Waals surface area contributed by atoms with E-state index in [1.807, 2.05) is 6.07 Å². The molecule has 6 nitrogen and oxygen atoms in total. The third kappa shape index (κ3) is 3.68. The first-order valence-electron chi connectivity index (χ1n) is 8.84. The molecular formula is C20H18FN5OS. The van der Waals surface area contributed by atoms with Crippen LogP contribution in [0.2, 0.25) is 0 Å². The van der Waals surface area contributed by atoms with Gasteiger partial charge in [-0.15, -0.1) is 10.2 Å². The predicted octanol–water partition coefficient (Wildman–Crippen LogP) is 4.50. The van der Waals surface area contributed by atoms with Crippen LogP contribution < -0.4 is 5.32 Å². The maximum atomic E-state index is 13.6. The van der Waals surface area contributed by atoms with Gasteiger partial charge in [0.25, 0.3) is 0 Å². The number of hydrogen-bond acceptors (Lipinski definition) is 5. The number of carbonyl (C=O) groups is 1. The van der Waals surface area contributed by atoms with Crippen molar-refractivity contribution in [3.05, 3.63) is 53.8 Å². The highest BCUT2D eigenvalue weighted by atomic mass is 32.2. The van der Waals surface area contributed by atoms with Crippen molar-refractivity contribution >= 4 is 45.4 Å². The van der Waals surface area contributed by atoms with E-state index in [9.17, 15) is 9.18 Å². The lowest BCUT2D eigenvalue weighted by Crippen LogP contribution is -2.15. The molecular weight excluding hydrogens is 377 g/mol. The largest absolute Gasteiger partial charge is 0.338 e. The average molecular weight is 395 g/mol. The zero-order valence-corrected chi connectivity index (χ0v) is 16.2. The first-order valence-corrected chi connectivity index (χ1v) is 9.83. The molecule has 0 spiro atoms. The molecule has 0 aliphatic heterocycles. The number of anilines is 1. The quantitative estimate of drug-likeness (QED) is 0.486. The number of aromatic nitrogens is 4. The van der Waals surface area contributed by atoms with Crippen LogP contribution >= 0.6 is 11.8 Å². The van der Waals surface area contributed by atoms with E-state index < -0.39 is 5.82 Å². The zero-order valence-electron chi connectivity index (χ0n) is 15.4. The van der Waals surface area contributed by atoms with E-state index in [2.05, 4.69) is 51.5 Å². The minimum Gasteiger partial charge on any atom is -0.338 e. The van der Waals surface area contributed by atoms with Gasteiger partial charge in [-0.25, -0.2) is 9.37 Å². The molecule has 1 amide bonds. The van der Waals surface area contributed by atoms with E-state index in [1.165, 1.54) is 17.7 Å². The Labute approximate surface area is 165 Å². The van der Waals surface area contributed by atoms with Crippen molar-refractivity contribution in [1.29, 1.82) is 0 Å². The van der Waals surface area contributed by atoms with Crippen LogP contribution in [0.15, 0.2) is 47.6 Å². The molecule has 4 aromatic rings. The van der Waals surface area contributed by atoms with Crippen molar-refractivity contribution < 1.29 is 9.18 Å². The van der Waals surface area contributed by atoms with Gasteiger partial charge in [-0.1, -0.05) is 43.8 Å². The zero-order chi connectivity index (χ0) is 19.7. The van der Waals surface area contributed by atoms with Crippen LogP contribution in [-0.4, -0.2) is 31.8 Å². The summed E-state index contributed by atoms with van der Waals surface area (Å²) in [5.41, 5.74) is 3.65. The molecule has 8 heteroatoms. The lowest BCUT2D eigenvalue weighted by atomic mass is 10.0. The number of thioether (sulfide) groups is 1. The molecule has 2 N–H and O–H groups in total. The van der Waals surface area contributed by atoms with Crippen molar-refractivity contribution in [3.8, 4) is 0 Å². The Morgan fingerprint density at radius 2 is 2.04 bits per heavy atom. The molecule has 4 rings (SSSR count). The summed E-state index contributed by atoms with van der Waals surface area (Å²) in [5.74, 6) is -0.340. The van der Waals surface area contributed by atoms with Gasteiger partial charge >= 0.3 is 0 Å². The first-order chi connectivity index (χ1) is 13.5. The second-order valence-corrected chi connectivity index (χ2v) is 7.64. The van der Waals surface area contributed by atoms with Crippen molar-refractivity contribution in [2.75, 3.05) is 11.1 Å². The molecule has 2 aromatic heterocycles. The highest BCUT2D eigenvalue weighted by Gasteiger charge is 2.13. The number of H-pyrrole nitrogens is 1. The summed E-state index contributed by atoms with van der Waals surface area (Å²) in [4.78, 5) is 19.8. The molecule has 142 valence electrons. The number of rotatable bonds is 5. The van der Waals surface area contributed by atoms with Gasteiger partial charge in [-0.3, -0.25) is 4.79 Å². The Hall–Kier alpha value is -3.00. The SMILES string of the molecule is CC(C)c1ccc2[nH]c3nc(SCC(=O)Nc4ccccc4F)nnc3c2c1. The van der Waals surface area contributed by atoms with Gasteiger partial charge < -0.3 is 10.3 Å². The number of nitrogens with one attached hydrogen (secondary N) is 2. The van der Waals surface area contributed by atoms with Gasteiger partial charge in [0.1, 0.15) is 11.3 Å². The van der Waals surface area contributed by atoms with Crippen molar-refractivity contribution in [1.82, 2.24) is 20.2 Å². The molecule has 0 aliphatic rings. The molecule has 28 heavy (non-hydrogen) atoms. The number of benzene rings is 2. The molecule has 0 saturated carbocycles. The normalized spacial score (nSPS) is 11.4. The van der Waals surface area contributed by atoms with E-state index in [0.29, 0.717) is 22.2 Å². The second kappa shape index (κ2) is 7.55. The van der Waals surface area contributed by atoms with Crippen LogP contribution in [0.25, 0.3) is 22.1 Å². The van der Waals surface area contributed by atoms with Gasteiger partial charge in [0.05, 0.1) is 11.4 Å². The topological polar surface area (TPSA) is 83.6 Å². The Morgan fingerprint density at radius 1 is 1.21 bits per heavy atom. The number of fused-ring (bicyclic) bond motifs is 3. The predicted molar refractivity (Wildman–Crippen MR) is 109 cm³/mol. The number of aromatic amines is 1. The van der Waals surface area contributed by atoms with Crippen LogP contribution in [-0.2, 0) is 4.79 Å². The standard InChI is InChI=1S/C20H18FN5OS/c1-11(2)12-7-8-15-13(9-12)18-19(23-15)24-20(26-25-18)28-10-17(27)22-16-6-4-3-5-14(16)21/h3-9,11H,10H2,1-2H3,(H,22,27)(H,23,24,26). The van der Waals surface area contributed by atoms with E-state index in [0.717, 1.165) is 22.7 Å². The highest BCUT2D eigenvalue weighted by molar-refractivity contribution is 7.99. The average Bonchev–Trinajstić information content (AvgIpc) is 3.05. The van der Waals surface area contributed by atoms with Crippen LogP contribution in [0.3, 0.4) is 0 Å². The van der Waals surface area contributed by atoms with E-state index in [-0.39, 0.29) is 17.3 Å². The molecule has 0 bridgehead atoms. The minimum atomic E-state index is -0.473. The van der Waals surface area contributed by atoms with Gasteiger partial charge in [0.15, 0.2) is 5.65 Å². The van der Waals surface area contributed by atoms with Crippen molar-refractivity contribution in [3.63, 3.8) is 0 Å². The van der Waals surface area contributed by atoms with Gasteiger partial charge in [0.2, 0.25) is 11.1 Å². The monoisotopic (exact) mass is 395 g/mol. The number of halogens is 1. The number of amides is 1. The molecule has 0 unspecified atom stereocenters. The maximum Gasteiger partial charge on any atom is 0.234 e. The molecule has 2 aromatic carbocycles. The van der Waals surface area contributed by atoms with Crippen LogP contribution in [0.1, 0.15) is 25.3 Å². The van der Waals surface area contributed by atoms with Crippen molar-refractivity contribution in [2.24, 2.45) is 0 Å². The summed E-state index contributed by atoms with van der Waals surface area (Å²) in [6.45, 7) is 4.28. The van der Waals surface area contributed by atoms with Gasteiger partial charge in [-0.05, 0) is 35.7 Å². The fraction of sp³-hybridized carbons (Fsp3) is 0.200. The van der Waals surface area contributed by atoms with Crippen LogP contribution in [0.5, 0.6) is 0 Å². The molecule has 0 atom stereocenters. The minimum absolute atomic E-state index is 0.0548. The third-order valence-corrected chi connectivity index (χ3v) is 5.20. The smallest absolute Gasteiger partial charge is 0.234 e. The number of carbonyl (C=O) groups excluding carboxylic acids is 1. The summed E-state index contributed by atoms with van der Waals surface area (Å²) in [6.07, 6.45) is 0. The fourth-order valence-electron chi connectivity index (χ4n) is 2.87. The Balaban J connectivity index is 1.51. The fourth-order valence-corrected chi connectivity index (χ4v) is 3.46. The molecule has 0 radical (unpaired) electrons. The maximum absolute atomic E-state index is 13.6. The summed E-state index contributed by atoms with van der Waals surface area (Å²) >= 11 is 1.15. The molecule has 0 aliphatic carbocycles. The number of para-hydroxylation sites is 1. The van der Waals surface area contributed by atoms with E-state index in [1.54, 1.807) is 12.1 Å². The van der Waals surface area contributed by atoms with E-state index >= 15 is 0 Å². The highest BCUT2D eigenvalue weighted by Crippen LogP contribution is 2.27.